The third kappa shape index (κ3) is 5.44. The van der Waals surface area contributed by atoms with Crippen LogP contribution in [0.4, 0.5) is 4.79 Å². The van der Waals surface area contributed by atoms with Crippen molar-refractivity contribution in [2.75, 3.05) is 19.6 Å². The summed E-state index contributed by atoms with van der Waals surface area (Å²) in [7, 11) is 0. The first-order valence-electron chi connectivity index (χ1n) is 10.2. The molecule has 2 amide bonds. The van der Waals surface area contributed by atoms with Crippen LogP contribution in [0.3, 0.4) is 0 Å². The van der Waals surface area contributed by atoms with Gasteiger partial charge in [-0.05, 0) is 32.9 Å². The van der Waals surface area contributed by atoms with Crippen LogP contribution in [-0.2, 0) is 4.79 Å². The van der Waals surface area contributed by atoms with Gasteiger partial charge < -0.3 is 20.1 Å². The molecule has 3 rings (SSSR count). The second-order valence-electron chi connectivity index (χ2n) is 7.86. The maximum atomic E-state index is 12.8. The van der Waals surface area contributed by atoms with Crippen LogP contribution < -0.4 is 10.1 Å². The van der Waals surface area contributed by atoms with Gasteiger partial charge in [-0.15, -0.1) is 0 Å². The zero-order valence-electron chi connectivity index (χ0n) is 17.8. The highest BCUT2D eigenvalue weighted by molar-refractivity contribution is 6.31. The largest absolute Gasteiger partial charge is 0.490 e. The number of carbonyl (C=O) groups excluding carboxylic acids is 2. The Hall–Kier alpha value is -2.87. The van der Waals surface area contributed by atoms with E-state index in [1.54, 1.807) is 32.9 Å². The van der Waals surface area contributed by atoms with E-state index >= 15 is 0 Å². The number of nitrogens with zero attached hydrogens (tertiary/aromatic N) is 2. The van der Waals surface area contributed by atoms with Gasteiger partial charge in [0, 0.05) is 72.0 Å². The normalized spacial score (nSPS) is 17.5. The predicted octanol–water partition coefficient (Wildman–Crippen LogP) is 3.61. The van der Waals surface area contributed by atoms with Crippen molar-refractivity contribution in [2.24, 2.45) is 4.99 Å². The molecular weight excluding hydrogens is 422 g/mol. The molecule has 0 aliphatic carbocycles. The molecule has 0 bridgehead atoms. The van der Waals surface area contributed by atoms with E-state index in [4.69, 9.17) is 21.4 Å². The predicted molar refractivity (Wildman–Crippen MR) is 117 cm³/mol. The van der Waals surface area contributed by atoms with E-state index in [1.807, 2.05) is 0 Å². The van der Waals surface area contributed by atoms with Gasteiger partial charge in [0.1, 0.15) is 11.9 Å². The van der Waals surface area contributed by atoms with E-state index in [0.29, 0.717) is 59.1 Å². The van der Waals surface area contributed by atoms with Gasteiger partial charge in [-0.1, -0.05) is 11.6 Å². The second kappa shape index (κ2) is 9.51. The monoisotopic (exact) mass is 447 g/mol. The number of nitrogens with one attached hydrogen (secondary N) is 1. The van der Waals surface area contributed by atoms with Gasteiger partial charge in [0.25, 0.3) is 5.91 Å². The molecule has 0 radical (unpaired) electrons. The zero-order chi connectivity index (χ0) is 22.7. The minimum absolute atomic E-state index is 0.0372. The van der Waals surface area contributed by atoms with E-state index in [9.17, 15) is 14.4 Å². The fourth-order valence-corrected chi connectivity index (χ4v) is 3.99. The Labute approximate surface area is 185 Å². The van der Waals surface area contributed by atoms with Crippen molar-refractivity contribution in [1.82, 2.24) is 10.2 Å². The smallest absolute Gasteiger partial charge is 0.407 e. The average Bonchev–Trinajstić information content (AvgIpc) is 2.69. The number of carboxylic acid groups (broad SMARTS) is 1. The molecule has 2 aliphatic heterocycles. The molecule has 2 aliphatic rings. The number of hydrogen-bond acceptors (Lipinski definition) is 5. The Kier molecular flexibility index (Phi) is 7.00. The zero-order valence-corrected chi connectivity index (χ0v) is 18.6. The summed E-state index contributed by atoms with van der Waals surface area (Å²) in [6.07, 6.45) is 0.304. The molecule has 1 saturated heterocycles. The topological polar surface area (TPSA) is 108 Å². The molecule has 8 nitrogen and oxygen atoms in total. The molecule has 1 fully saturated rings. The number of rotatable bonds is 5. The lowest BCUT2D eigenvalue weighted by Gasteiger charge is -2.30. The first kappa shape index (κ1) is 22.8. The standard InChI is InChI=1S/C22H26ClN3O5/c1-12-8-19(27)18(14(3)25-12)11-24-21(28)17-9-15(23)10-20(13(17)2)31-16-4-6-26(7-5-16)22(29)30/h9-10,16H,4-8,11H2,1-3H3,(H,24,28)(H,29,30). The summed E-state index contributed by atoms with van der Waals surface area (Å²) < 4.78 is 6.06. The number of likely N-dealkylation sites (tertiary alicyclic amines) is 1. The molecule has 2 N–H and O–H groups in total. The van der Waals surface area contributed by atoms with Crippen molar-refractivity contribution in [2.45, 2.75) is 46.1 Å². The van der Waals surface area contributed by atoms with Gasteiger partial charge in [-0.3, -0.25) is 14.6 Å². The molecule has 31 heavy (non-hydrogen) atoms. The summed E-state index contributed by atoms with van der Waals surface area (Å²) in [6.45, 7) is 6.23. The number of piperidine rings is 1. The van der Waals surface area contributed by atoms with Crippen molar-refractivity contribution in [3.63, 3.8) is 0 Å². The third-order valence-electron chi connectivity index (χ3n) is 5.55. The Balaban J connectivity index is 1.70. The van der Waals surface area contributed by atoms with Gasteiger partial charge >= 0.3 is 6.09 Å². The Morgan fingerprint density at radius 3 is 2.55 bits per heavy atom. The molecule has 1 aromatic carbocycles. The molecule has 0 spiro atoms. The molecule has 1 aromatic rings. The van der Waals surface area contributed by atoms with Crippen molar-refractivity contribution >= 4 is 35.1 Å². The minimum Gasteiger partial charge on any atom is -0.490 e. The van der Waals surface area contributed by atoms with Crippen molar-refractivity contribution in [1.29, 1.82) is 0 Å². The van der Waals surface area contributed by atoms with Gasteiger partial charge in [0.2, 0.25) is 0 Å². The van der Waals surface area contributed by atoms with E-state index in [-0.39, 0.29) is 30.8 Å². The molecule has 166 valence electrons. The van der Waals surface area contributed by atoms with Crippen LogP contribution in [0.2, 0.25) is 5.02 Å². The highest BCUT2D eigenvalue weighted by Gasteiger charge is 2.25. The van der Waals surface area contributed by atoms with Crippen molar-refractivity contribution < 1.29 is 24.2 Å². The summed E-state index contributed by atoms with van der Waals surface area (Å²) in [5.74, 6) is 0.102. The molecule has 0 atom stereocenters. The van der Waals surface area contributed by atoms with Crippen LogP contribution in [0.25, 0.3) is 0 Å². The number of allylic oxidation sites excluding steroid dienone is 1. The summed E-state index contributed by atoms with van der Waals surface area (Å²) in [5, 5.41) is 12.2. The number of aliphatic imine (C=N–C) groups is 1. The average molecular weight is 448 g/mol. The summed E-state index contributed by atoms with van der Waals surface area (Å²) >= 11 is 6.23. The van der Waals surface area contributed by atoms with Crippen LogP contribution in [0.1, 0.15) is 49.0 Å². The molecule has 9 heteroatoms. The van der Waals surface area contributed by atoms with E-state index < -0.39 is 6.09 Å². The Morgan fingerprint density at radius 2 is 1.94 bits per heavy atom. The third-order valence-corrected chi connectivity index (χ3v) is 5.77. The maximum absolute atomic E-state index is 12.8. The minimum atomic E-state index is -0.931. The molecule has 2 heterocycles. The van der Waals surface area contributed by atoms with Gasteiger partial charge in [-0.25, -0.2) is 4.79 Å². The summed E-state index contributed by atoms with van der Waals surface area (Å²) in [4.78, 5) is 41.8. The summed E-state index contributed by atoms with van der Waals surface area (Å²) in [5.41, 5.74) is 2.89. The van der Waals surface area contributed by atoms with E-state index in [1.165, 1.54) is 4.90 Å². The number of benzene rings is 1. The van der Waals surface area contributed by atoms with Crippen LogP contribution in [0.5, 0.6) is 5.75 Å². The first-order chi connectivity index (χ1) is 14.7. The highest BCUT2D eigenvalue weighted by atomic mass is 35.5. The first-order valence-corrected chi connectivity index (χ1v) is 10.5. The highest BCUT2D eigenvalue weighted by Crippen LogP contribution is 2.29. The Morgan fingerprint density at radius 1 is 1.26 bits per heavy atom. The lowest BCUT2D eigenvalue weighted by molar-refractivity contribution is -0.114. The SMILES string of the molecule is CC1=NC(C)=C(CNC(=O)c2cc(Cl)cc(OC3CCN(C(=O)O)CC3)c2C)C(=O)C1. The Bertz CT molecular complexity index is 978. The molecular formula is C22H26ClN3O5. The van der Waals surface area contributed by atoms with Gasteiger partial charge in [-0.2, -0.15) is 0 Å². The molecule has 0 saturated carbocycles. The lowest BCUT2D eigenvalue weighted by Crippen LogP contribution is -2.41. The van der Waals surface area contributed by atoms with E-state index in [0.717, 1.165) is 5.71 Å². The summed E-state index contributed by atoms with van der Waals surface area (Å²) in [6, 6.07) is 3.23. The number of halogens is 1. The number of carbonyl (C=O) groups is 3. The lowest BCUT2D eigenvalue weighted by atomic mass is 10.0. The fourth-order valence-electron chi connectivity index (χ4n) is 3.78. The van der Waals surface area contributed by atoms with Crippen molar-refractivity contribution in [3.8, 4) is 5.75 Å². The van der Waals surface area contributed by atoms with Crippen LogP contribution in [0, 0.1) is 6.92 Å². The number of ketones is 1. The second-order valence-corrected chi connectivity index (χ2v) is 8.29. The van der Waals surface area contributed by atoms with Gasteiger partial charge in [0.05, 0.1) is 0 Å². The number of ether oxygens (including phenoxy) is 1. The van der Waals surface area contributed by atoms with Crippen molar-refractivity contribution in [3.05, 3.63) is 39.6 Å². The fraction of sp³-hybridized carbons (Fsp3) is 0.455. The van der Waals surface area contributed by atoms with E-state index in [2.05, 4.69) is 10.3 Å². The molecule has 0 unspecified atom stereocenters. The quantitative estimate of drug-likeness (QED) is 0.716. The van der Waals surface area contributed by atoms with Crippen LogP contribution in [-0.4, -0.2) is 59.2 Å². The maximum Gasteiger partial charge on any atom is 0.407 e. The molecule has 0 aromatic heterocycles. The van der Waals surface area contributed by atoms with Crippen LogP contribution in [0.15, 0.2) is 28.4 Å². The van der Waals surface area contributed by atoms with Gasteiger partial charge in [0.15, 0.2) is 5.78 Å². The number of hydrogen-bond donors (Lipinski definition) is 2. The number of Topliss-reactive ketones (excluding diaryl/α,β-unsaturated/α-hetero) is 1. The number of amides is 2. The van der Waals surface area contributed by atoms with Crippen LogP contribution >= 0.6 is 11.6 Å².